The molecule has 98 valence electrons. The number of pyridine rings is 1. The third kappa shape index (κ3) is 2.01. The lowest BCUT2D eigenvalue weighted by molar-refractivity contribution is 0.0697. The van der Waals surface area contributed by atoms with E-state index in [-0.39, 0.29) is 11.1 Å². The normalized spacial score (nSPS) is 10.7. The van der Waals surface area contributed by atoms with E-state index in [1.54, 1.807) is 24.4 Å². The van der Waals surface area contributed by atoms with E-state index in [0.29, 0.717) is 5.56 Å². The van der Waals surface area contributed by atoms with Gasteiger partial charge in [-0.1, -0.05) is 18.2 Å². The molecule has 0 radical (unpaired) electrons. The van der Waals surface area contributed by atoms with Crippen LogP contribution in [0.15, 0.2) is 54.7 Å². The number of carboxylic acids is 1. The highest BCUT2D eigenvalue weighted by Crippen LogP contribution is 2.30. The number of benzene rings is 2. The van der Waals surface area contributed by atoms with E-state index in [1.807, 2.05) is 12.1 Å². The van der Waals surface area contributed by atoms with Crippen LogP contribution >= 0.6 is 0 Å². The molecule has 0 aliphatic rings. The van der Waals surface area contributed by atoms with Gasteiger partial charge in [-0.2, -0.15) is 0 Å². The van der Waals surface area contributed by atoms with E-state index < -0.39 is 11.8 Å². The van der Waals surface area contributed by atoms with Crippen molar-refractivity contribution >= 4 is 16.9 Å². The molecule has 4 heteroatoms. The fourth-order valence-electron chi connectivity index (χ4n) is 2.20. The number of nitrogens with zero attached hydrogens (tertiary/aromatic N) is 1. The lowest BCUT2D eigenvalue weighted by Gasteiger charge is -2.08. The SMILES string of the molecule is O=C(O)c1ccc(F)c(-c2cccc3ncccc23)c1. The minimum atomic E-state index is -1.08. The summed E-state index contributed by atoms with van der Waals surface area (Å²) in [6, 6.07) is 12.7. The van der Waals surface area contributed by atoms with E-state index in [1.165, 1.54) is 18.2 Å². The monoisotopic (exact) mass is 267 g/mol. The fourth-order valence-corrected chi connectivity index (χ4v) is 2.20. The van der Waals surface area contributed by atoms with Gasteiger partial charge in [0.05, 0.1) is 11.1 Å². The van der Waals surface area contributed by atoms with Gasteiger partial charge in [0.15, 0.2) is 0 Å². The van der Waals surface area contributed by atoms with Crippen LogP contribution in [0.25, 0.3) is 22.0 Å². The highest BCUT2D eigenvalue weighted by atomic mass is 19.1. The third-order valence-corrected chi connectivity index (χ3v) is 3.15. The summed E-state index contributed by atoms with van der Waals surface area (Å²) >= 11 is 0. The average Bonchev–Trinajstić information content (AvgIpc) is 2.47. The van der Waals surface area contributed by atoms with Crippen LogP contribution in [-0.4, -0.2) is 16.1 Å². The number of fused-ring (bicyclic) bond motifs is 1. The van der Waals surface area contributed by atoms with Gasteiger partial charge in [0.1, 0.15) is 5.82 Å². The molecule has 1 N–H and O–H groups in total. The summed E-state index contributed by atoms with van der Waals surface area (Å²) in [5.41, 5.74) is 1.70. The van der Waals surface area contributed by atoms with Gasteiger partial charge < -0.3 is 5.11 Å². The first-order chi connectivity index (χ1) is 9.66. The van der Waals surface area contributed by atoms with E-state index in [0.717, 1.165) is 10.9 Å². The van der Waals surface area contributed by atoms with Crippen LogP contribution in [0.3, 0.4) is 0 Å². The van der Waals surface area contributed by atoms with Crippen LogP contribution < -0.4 is 0 Å². The molecule has 20 heavy (non-hydrogen) atoms. The molecular weight excluding hydrogens is 257 g/mol. The topological polar surface area (TPSA) is 50.2 Å². The lowest BCUT2D eigenvalue weighted by Crippen LogP contribution is -1.98. The lowest BCUT2D eigenvalue weighted by atomic mass is 9.98. The maximum Gasteiger partial charge on any atom is 0.335 e. The number of carbonyl (C=O) groups is 1. The fraction of sp³-hybridized carbons (Fsp3) is 0. The summed E-state index contributed by atoms with van der Waals surface area (Å²) in [5, 5.41) is 9.81. The molecule has 3 nitrogen and oxygen atoms in total. The molecule has 3 rings (SSSR count). The number of hydrogen-bond donors (Lipinski definition) is 1. The molecule has 3 aromatic rings. The van der Waals surface area contributed by atoms with E-state index in [2.05, 4.69) is 4.98 Å². The largest absolute Gasteiger partial charge is 0.478 e. The zero-order valence-corrected chi connectivity index (χ0v) is 10.4. The Labute approximate surface area is 114 Å². The van der Waals surface area contributed by atoms with Gasteiger partial charge in [-0.05, 0) is 35.9 Å². The van der Waals surface area contributed by atoms with E-state index in [4.69, 9.17) is 5.11 Å². The first-order valence-electron chi connectivity index (χ1n) is 6.04. The van der Waals surface area contributed by atoms with Crippen LogP contribution in [0.2, 0.25) is 0 Å². The minimum Gasteiger partial charge on any atom is -0.478 e. The second kappa shape index (κ2) is 4.74. The van der Waals surface area contributed by atoms with Gasteiger partial charge in [0, 0.05) is 17.1 Å². The minimum absolute atomic E-state index is 0.0577. The summed E-state index contributed by atoms with van der Waals surface area (Å²) in [7, 11) is 0. The highest BCUT2D eigenvalue weighted by Gasteiger charge is 2.12. The Bertz CT molecular complexity index is 809. The Kier molecular flexibility index (Phi) is 2.91. The molecule has 2 aromatic carbocycles. The maximum absolute atomic E-state index is 14.0. The Morgan fingerprint density at radius 1 is 1.05 bits per heavy atom. The number of aromatic carboxylic acids is 1. The average molecular weight is 267 g/mol. The van der Waals surface area contributed by atoms with Gasteiger partial charge >= 0.3 is 5.97 Å². The van der Waals surface area contributed by atoms with Crippen LogP contribution in [-0.2, 0) is 0 Å². The molecular formula is C16H10FNO2. The van der Waals surface area contributed by atoms with Crippen molar-refractivity contribution in [1.82, 2.24) is 4.98 Å². The number of hydrogen-bond acceptors (Lipinski definition) is 2. The molecule has 0 fully saturated rings. The zero-order valence-electron chi connectivity index (χ0n) is 10.4. The first-order valence-corrected chi connectivity index (χ1v) is 6.04. The molecule has 0 amide bonds. The molecule has 0 aliphatic carbocycles. The van der Waals surface area contributed by atoms with Crippen molar-refractivity contribution in [3.8, 4) is 11.1 Å². The van der Waals surface area contributed by atoms with E-state index in [9.17, 15) is 9.18 Å². The summed E-state index contributed by atoms with van der Waals surface area (Å²) in [6.45, 7) is 0. The second-order valence-corrected chi connectivity index (χ2v) is 4.38. The van der Waals surface area contributed by atoms with E-state index >= 15 is 0 Å². The van der Waals surface area contributed by atoms with Crippen LogP contribution in [0.1, 0.15) is 10.4 Å². The van der Waals surface area contributed by atoms with Crippen molar-refractivity contribution in [2.24, 2.45) is 0 Å². The predicted molar refractivity (Wildman–Crippen MR) is 74.1 cm³/mol. The van der Waals surface area contributed by atoms with Crippen molar-refractivity contribution in [1.29, 1.82) is 0 Å². The Morgan fingerprint density at radius 2 is 1.90 bits per heavy atom. The van der Waals surface area contributed by atoms with Gasteiger partial charge in [0.2, 0.25) is 0 Å². The number of rotatable bonds is 2. The molecule has 0 bridgehead atoms. The van der Waals surface area contributed by atoms with Crippen molar-refractivity contribution < 1.29 is 14.3 Å². The van der Waals surface area contributed by atoms with Crippen molar-refractivity contribution in [2.45, 2.75) is 0 Å². The molecule has 0 unspecified atom stereocenters. The molecule has 0 saturated carbocycles. The van der Waals surface area contributed by atoms with Gasteiger partial charge in [-0.25, -0.2) is 9.18 Å². The first kappa shape index (κ1) is 12.3. The molecule has 0 spiro atoms. The molecule has 0 aliphatic heterocycles. The Morgan fingerprint density at radius 3 is 2.70 bits per heavy atom. The van der Waals surface area contributed by atoms with Crippen LogP contribution in [0.4, 0.5) is 4.39 Å². The summed E-state index contributed by atoms with van der Waals surface area (Å²) < 4.78 is 14.0. The Balaban J connectivity index is 2.30. The summed E-state index contributed by atoms with van der Waals surface area (Å²) in [5.74, 6) is -1.53. The Hall–Kier alpha value is -2.75. The van der Waals surface area contributed by atoms with Crippen LogP contribution in [0.5, 0.6) is 0 Å². The maximum atomic E-state index is 14.0. The van der Waals surface area contributed by atoms with Gasteiger partial charge in [0.25, 0.3) is 0 Å². The molecule has 0 atom stereocenters. The van der Waals surface area contributed by atoms with Crippen molar-refractivity contribution in [2.75, 3.05) is 0 Å². The summed E-state index contributed by atoms with van der Waals surface area (Å²) in [4.78, 5) is 15.2. The molecule has 1 aromatic heterocycles. The third-order valence-electron chi connectivity index (χ3n) is 3.15. The second-order valence-electron chi connectivity index (χ2n) is 4.38. The summed E-state index contributed by atoms with van der Waals surface area (Å²) in [6.07, 6.45) is 1.66. The molecule has 1 heterocycles. The quantitative estimate of drug-likeness (QED) is 0.769. The van der Waals surface area contributed by atoms with Crippen LogP contribution in [0, 0.1) is 5.82 Å². The molecule has 0 saturated heterocycles. The number of carboxylic acid groups (broad SMARTS) is 1. The standard InChI is InChI=1S/C16H10FNO2/c17-14-7-6-10(16(19)20)9-13(14)11-3-1-5-15-12(11)4-2-8-18-15/h1-9H,(H,19,20). The predicted octanol–water partition coefficient (Wildman–Crippen LogP) is 3.74. The van der Waals surface area contributed by atoms with Gasteiger partial charge in [-0.15, -0.1) is 0 Å². The smallest absolute Gasteiger partial charge is 0.335 e. The van der Waals surface area contributed by atoms with Crippen molar-refractivity contribution in [3.63, 3.8) is 0 Å². The highest BCUT2D eigenvalue weighted by molar-refractivity contribution is 5.96. The number of halogens is 1. The zero-order chi connectivity index (χ0) is 14.1. The van der Waals surface area contributed by atoms with Crippen molar-refractivity contribution in [3.05, 3.63) is 66.1 Å². The van der Waals surface area contributed by atoms with Gasteiger partial charge in [-0.3, -0.25) is 4.98 Å². The number of aromatic nitrogens is 1.